The summed E-state index contributed by atoms with van der Waals surface area (Å²) in [7, 11) is 0. The lowest BCUT2D eigenvalue weighted by molar-refractivity contribution is 0.346. The number of aryl methyl sites for hydroxylation is 2. The Balaban J connectivity index is 2.26. The molecule has 0 amide bonds. The van der Waals surface area contributed by atoms with Gasteiger partial charge in [0.05, 0.1) is 0 Å². The van der Waals surface area contributed by atoms with E-state index in [0.29, 0.717) is 18.1 Å². The highest BCUT2D eigenvalue weighted by molar-refractivity contribution is 5.44. The van der Waals surface area contributed by atoms with Gasteiger partial charge in [0.15, 0.2) is 0 Å². The molecule has 1 aliphatic carbocycles. The number of fused-ring (bicyclic) bond motifs is 1. The van der Waals surface area contributed by atoms with Crippen molar-refractivity contribution in [1.29, 1.82) is 5.26 Å². The smallest absolute Gasteiger partial charge is 0.232 e. The summed E-state index contributed by atoms with van der Waals surface area (Å²) < 4.78 is 5.47. The fourth-order valence-electron chi connectivity index (χ4n) is 1.87. The molecule has 3 nitrogen and oxygen atoms in total. The summed E-state index contributed by atoms with van der Waals surface area (Å²) in [4.78, 5) is 4.42. The van der Waals surface area contributed by atoms with Gasteiger partial charge in [0.1, 0.15) is 18.2 Å². The maximum atomic E-state index is 9.02. The Labute approximate surface area is 95.4 Å². The van der Waals surface area contributed by atoms with Crippen LogP contribution in [0.2, 0.25) is 0 Å². The zero-order valence-electron chi connectivity index (χ0n) is 9.36. The fraction of sp³-hybridized carbons (Fsp3) is 0.385. The molecule has 0 unspecified atom stereocenters. The average Bonchev–Trinajstić information content (AvgIpc) is 2.75. The van der Waals surface area contributed by atoms with Crippen molar-refractivity contribution in [3.05, 3.63) is 35.0 Å². The molecule has 0 N–H and O–H groups in total. The molecule has 16 heavy (non-hydrogen) atoms. The number of nitrogens with zero attached hydrogens (tertiary/aromatic N) is 2. The van der Waals surface area contributed by atoms with Crippen molar-refractivity contribution >= 4 is 0 Å². The van der Waals surface area contributed by atoms with Gasteiger partial charge in [-0.05, 0) is 37.8 Å². The molecule has 82 valence electrons. The monoisotopic (exact) mass is 214 g/mol. The summed E-state index contributed by atoms with van der Waals surface area (Å²) >= 11 is 0. The quantitative estimate of drug-likeness (QED) is 0.726. The van der Waals surface area contributed by atoms with Crippen LogP contribution in [0.25, 0.3) is 0 Å². The molecule has 0 radical (unpaired) electrons. The van der Waals surface area contributed by atoms with Gasteiger partial charge in [-0.3, -0.25) is 0 Å². The minimum absolute atomic E-state index is 0.469. The lowest BCUT2D eigenvalue weighted by Crippen LogP contribution is -2.01. The first-order valence-corrected chi connectivity index (χ1v) is 5.52. The van der Waals surface area contributed by atoms with Crippen LogP contribution in [0.15, 0.2) is 18.2 Å². The molecule has 2 rings (SSSR count). The van der Waals surface area contributed by atoms with Crippen LogP contribution in [0, 0.1) is 11.3 Å². The van der Waals surface area contributed by atoms with E-state index in [1.165, 1.54) is 5.56 Å². The SMILES string of the molecule is CC=CCOc1nc2c(cc1C#N)CCC2. The topological polar surface area (TPSA) is 45.9 Å². The number of aromatic nitrogens is 1. The molecule has 1 aromatic rings. The van der Waals surface area contributed by atoms with E-state index in [0.717, 1.165) is 25.0 Å². The van der Waals surface area contributed by atoms with E-state index in [1.54, 1.807) is 0 Å². The van der Waals surface area contributed by atoms with E-state index < -0.39 is 0 Å². The molecule has 0 saturated heterocycles. The van der Waals surface area contributed by atoms with Crippen molar-refractivity contribution in [3.63, 3.8) is 0 Å². The number of rotatable bonds is 3. The van der Waals surface area contributed by atoms with Crippen molar-refractivity contribution in [2.24, 2.45) is 0 Å². The normalized spacial score (nSPS) is 13.8. The van der Waals surface area contributed by atoms with Crippen molar-refractivity contribution in [3.8, 4) is 11.9 Å². The Morgan fingerprint density at radius 3 is 3.19 bits per heavy atom. The zero-order chi connectivity index (χ0) is 11.4. The van der Waals surface area contributed by atoms with E-state index in [-0.39, 0.29) is 0 Å². The van der Waals surface area contributed by atoms with Crippen molar-refractivity contribution in [1.82, 2.24) is 4.98 Å². The lowest BCUT2D eigenvalue weighted by atomic mass is 10.1. The number of ether oxygens (including phenoxy) is 1. The molecule has 0 spiro atoms. The van der Waals surface area contributed by atoms with Crippen LogP contribution in [0.1, 0.15) is 30.2 Å². The highest BCUT2D eigenvalue weighted by Gasteiger charge is 2.16. The van der Waals surface area contributed by atoms with Crippen LogP contribution < -0.4 is 4.74 Å². The number of hydrogen-bond acceptors (Lipinski definition) is 3. The molecule has 0 aliphatic heterocycles. The van der Waals surface area contributed by atoms with Gasteiger partial charge in [-0.25, -0.2) is 4.98 Å². The summed E-state index contributed by atoms with van der Waals surface area (Å²) in [6.45, 7) is 2.40. The molecule has 0 fully saturated rings. The molecule has 0 atom stereocenters. The van der Waals surface area contributed by atoms with Gasteiger partial charge in [-0.15, -0.1) is 0 Å². The standard InChI is InChI=1S/C13H14N2O/c1-2-3-7-16-13-11(9-14)8-10-5-4-6-12(10)15-13/h2-3,8H,4-7H2,1H3. The highest BCUT2D eigenvalue weighted by atomic mass is 16.5. The second-order valence-corrected chi connectivity index (χ2v) is 3.79. The van der Waals surface area contributed by atoms with Gasteiger partial charge in [-0.1, -0.05) is 12.2 Å². The number of hydrogen-bond donors (Lipinski definition) is 0. The third-order valence-corrected chi connectivity index (χ3v) is 2.69. The Kier molecular flexibility index (Phi) is 3.21. The van der Waals surface area contributed by atoms with Gasteiger partial charge in [0.2, 0.25) is 5.88 Å². The van der Waals surface area contributed by atoms with Crippen LogP contribution in [0.3, 0.4) is 0 Å². The van der Waals surface area contributed by atoms with Gasteiger partial charge < -0.3 is 4.74 Å². The minimum Gasteiger partial charge on any atom is -0.472 e. The maximum Gasteiger partial charge on any atom is 0.232 e. The first-order chi connectivity index (χ1) is 7.85. The Hall–Kier alpha value is -1.82. The summed E-state index contributed by atoms with van der Waals surface area (Å²) in [5.74, 6) is 0.473. The van der Waals surface area contributed by atoms with Gasteiger partial charge >= 0.3 is 0 Å². The first kappa shape index (κ1) is 10.7. The maximum absolute atomic E-state index is 9.02. The molecule has 3 heteroatoms. The van der Waals surface area contributed by atoms with Gasteiger partial charge in [0.25, 0.3) is 0 Å². The minimum atomic E-state index is 0.469. The predicted molar refractivity (Wildman–Crippen MR) is 61.3 cm³/mol. The van der Waals surface area contributed by atoms with Gasteiger partial charge in [0, 0.05) is 5.69 Å². The van der Waals surface area contributed by atoms with Crippen LogP contribution in [0.4, 0.5) is 0 Å². The largest absolute Gasteiger partial charge is 0.472 e. The summed E-state index contributed by atoms with van der Waals surface area (Å²) in [6.07, 6.45) is 6.98. The zero-order valence-corrected chi connectivity index (χ0v) is 9.36. The molecular formula is C13H14N2O. The number of pyridine rings is 1. The molecule has 1 aliphatic rings. The van der Waals surface area contributed by atoms with E-state index in [1.807, 2.05) is 25.1 Å². The van der Waals surface area contributed by atoms with E-state index in [9.17, 15) is 0 Å². The van der Waals surface area contributed by atoms with Crippen molar-refractivity contribution in [2.45, 2.75) is 26.2 Å². The molecule has 0 bridgehead atoms. The molecule has 0 aromatic carbocycles. The van der Waals surface area contributed by atoms with Gasteiger partial charge in [-0.2, -0.15) is 5.26 Å². The van der Waals surface area contributed by atoms with E-state index in [4.69, 9.17) is 10.00 Å². The van der Waals surface area contributed by atoms with Crippen LogP contribution in [-0.4, -0.2) is 11.6 Å². The average molecular weight is 214 g/mol. The summed E-state index contributed by atoms with van der Waals surface area (Å²) in [5, 5.41) is 9.02. The molecule has 1 aromatic heterocycles. The summed E-state index contributed by atoms with van der Waals surface area (Å²) in [5.41, 5.74) is 2.84. The Bertz CT molecular complexity index is 458. The lowest BCUT2D eigenvalue weighted by Gasteiger charge is -2.07. The fourth-order valence-corrected chi connectivity index (χ4v) is 1.87. The van der Waals surface area contributed by atoms with Crippen LogP contribution >= 0.6 is 0 Å². The second kappa shape index (κ2) is 4.80. The first-order valence-electron chi connectivity index (χ1n) is 5.52. The number of nitriles is 1. The van der Waals surface area contributed by atoms with Crippen LogP contribution in [-0.2, 0) is 12.8 Å². The molecular weight excluding hydrogens is 200 g/mol. The van der Waals surface area contributed by atoms with Crippen molar-refractivity contribution in [2.75, 3.05) is 6.61 Å². The van der Waals surface area contributed by atoms with E-state index in [2.05, 4.69) is 11.1 Å². The van der Waals surface area contributed by atoms with E-state index >= 15 is 0 Å². The predicted octanol–water partition coefficient (Wildman–Crippen LogP) is 2.40. The third-order valence-electron chi connectivity index (χ3n) is 2.69. The summed E-state index contributed by atoms with van der Waals surface area (Å²) in [6, 6.07) is 4.06. The Morgan fingerprint density at radius 1 is 1.56 bits per heavy atom. The van der Waals surface area contributed by atoms with Crippen molar-refractivity contribution < 1.29 is 4.74 Å². The molecule has 0 saturated carbocycles. The Morgan fingerprint density at radius 2 is 2.44 bits per heavy atom. The molecule has 1 heterocycles. The highest BCUT2D eigenvalue weighted by Crippen LogP contribution is 2.26. The number of allylic oxidation sites excluding steroid dienone is 1. The van der Waals surface area contributed by atoms with Crippen LogP contribution in [0.5, 0.6) is 5.88 Å². The second-order valence-electron chi connectivity index (χ2n) is 3.79. The third kappa shape index (κ3) is 2.06.